The molecule has 1 aliphatic heterocycles. The van der Waals surface area contributed by atoms with Crippen LogP contribution in [-0.2, 0) is 16.0 Å². The highest BCUT2D eigenvalue weighted by Gasteiger charge is 2.40. The molecule has 2 aromatic carbocycles. The summed E-state index contributed by atoms with van der Waals surface area (Å²) in [5.41, 5.74) is 1.98. The molecule has 0 fully saturated rings. The Bertz CT molecular complexity index is 1410. The van der Waals surface area contributed by atoms with Crippen molar-refractivity contribution in [3.8, 4) is 11.1 Å². The summed E-state index contributed by atoms with van der Waals surface area (Å²) in [6.45, 7) is 3.61. The minimum absolute atomic E-state index is 0.0683. The number of anilines is 1. The minimum atomic E-state index is -0.818. The lowest BCUT2D eigenvalue weighted by Crippen LogP contribution is -2.33. The largest absolute Gasteiger partial charge is 0.462 e. The van der Waals surface area contributed by atoms with E-state index in [0.717, 1.165) is 39.9 Å². The molecule has 3 amide bonds. The van der Waals surface area contributed by atoms with Crippen LogP contribution in [0.15, 0.2) is 47.8 Å². The number of esters is 1. The fraction of sp³-hybridized carbons (Fsp3) is 0.231. The predicted octanol–water partition coefficient (Wildman–Crippen LogP) is 4.69. The Morgan fingerprint density at radius 3 is 2.43 bits per heavy atom. The van der Waals surface area contributed by atoms with Gasteiger partial charge in [-0.2, -0.15) is 0 Å². The van der Waals surface area contributed by atoms with Gasteiger partial charge in [0.05, 0.1) is 17.1 Å². The van der Waals surface area contributed by atoms with E-state index in [9.17, 15) is 29.3 Å². The molecule has 1 aliphatic rings. The number of nitrogens with zero attached hydrogens (tertiary/aromatic N) is 2. The molecule has 190 valence electrons. The van der Waals surface area contributed by atoms with E-state index < -0.39 is 34.3 Å². The zero-order valence-electron chi connectivity index (χ0n) is 20.1. The Balaban J connectivity index is 1.51. The molecule has 11 heteroatoms. The number of aryl methyl sites for hydroxylation is 1. The van der Waals surface area contributed by atoms with Gasteiger partial charge in [-0.1, -0.05) is 37.3 Å². The number of nitro benzene ring substituents is 1. The lowest BCUT2D eigenvalue weighted by Gasteiger charge is -2.13. The second-order valence-corrected chi connectivity index (χ2v) is 9.02. The van der Waals surface area contributed by atoms with Crippen LogP contribution in [0.3, 0.4) is 0 Å². The van der Waals surface area contributed by atoms with Crippen LogP contribution in [0, 0.1) is 10.1 Å². The van der Waals surface area contributed by atoms with Crippen molar-refractivity contribution in [1.29, 1.82) is 0 Å². The molecule has 0 aliphatic carbocycles. The molecule has 2 heterocycles. The van der Waals surface area contributed by atoms with Crippen LogP contribution in [0.1, 0.15) is 56.9 Å². The Morgan fingerprint density at radius 2 is 1.78 bits per heavy atom. The number of imide groups is 1. The van der Waals surface area contributed by atoms with Crippen molar-refractivity contribution in [2.45, 2.75) is 26.7 Å². The summed E-state index contributed by atoms with van der Waals surface area (Å²) in [5, 5.41) is 16.0. The topological polar surface area (TPSA) is 136 Å². The van der Waals surface area contributed by atoms with E-state index in [0.29, 0.717) is 5.56 Å². The summed E-state index contributed by atoms with van der Waals surface area (Å²) in [4.78, 5) is 62.3. The summed E-state index contributed by atoms with van der Waals surface area (Å²) in [7, 11) is 0. The first-order valence-electron chi connectivity index (χ1n) is 11.6. The number of carbonyl (C=O) groups excluding carboxylic acids is 4. The van der Waals surface area contributed by atoms with Crippen LogP contribution in [0.2, 0.25) is 0 Å². The summed E-state index contributed by atoms with van der Waals surface area (Å²) in [5.74, 6) is -2.63. The second kappa shape index (κ2) is 10.7. The molecule has 1 aromatic heterocycles. The van der Waals surface area contributed by atoms with Crippen LogP contribution in [0.4, 0.5) is 10.7 Å². The zero-order valence-corrected chi connectivity index (χ0v) is 20.9. The summed E-state index contributed by atoms with van der Waals surface area (Å²) < 4.78 is 5.22. The molecule has 0 atom stereocenters. The average Bonchev–Trinajstić information content (AvgIpc) is 3.41. The van der Waals surface area contributed by atoms with Crippen LogP contribution >= 0.6 is 11.3 Å². The Morgan fingerprint density at radius 1 is 1.05 bits per heavy atom. The first-order chi connectivity index (χ1) is 17.8. The number of hydrogen-bond donors (Lipinski definition) is 1. The SMILES string of the molecule is CCOC(=O)c1c(-c2ccc(CC)cc2)csc1NC(=O)CCN1C(=O)c2cccc([N+](=O)[O-])c2C1=O. The van der Waals surface area contributed by atoms with Crippen LogP contribution < -0.4 is 5.32 Å². The maximum Gasteiger partial charge on any atom is 0.341 e. The van der Waals surface area contributed by atoms with Gasteiger partial charge in [0, 0.05) is 30.0 Å². The molecular weight excluding hydrogens is 498 g/mol. The van der Waals surface area contributed by atoms with E-state index in [1.54, 1.807) is 12.3 Å². The average molecular weight is 522 g/mol. The highest BCUT2D eigenvalue weighted by molar-refractivity contribution is 7.15. The van der Waals surface area contributed by atoms with E-state index in [4.69, 9.17) is 4.74 Å². The number of fused-ring (bicyclic) bond motifs is 1. The number of nitrogens with one attached hydrogen (secondary N) is 1. The highest BCUT2D eigenvalue weighted by Crippen LogP contribution is 2.37. The van der Waals surface area contributed by atoms with Crippen molar-refractivity contribution in [2.75, 3.05) is 18.5 Å². The normalized spacial score (nSPS) is 12.4. The van der Waals surface area contributed by atoms with Gasteiger partial charge in [-0.15, -0.1) is 11.3 Å². The monoisotopic (exact) mass is 521 g/mol. The van der Waals surface area contributed by atoms with E-state index in [2.05, 4.69) is 5.32 Å². The van der Waals surface area contributed by atoms with Gasteiger partial charge in [0.15, 0.2) is 0 Å². The molecule has 3 aromatic rings. The first-order valence-corrected chi connectivity index (χ1v) is 12.5. The number of nitro groups is 1. The Hall–Kier alpha value is -4.38. The smallest absolute Gasteiger partial charge is 0.341 e. The van der Waals surface area contributed by atoms with Crippen LogP contribution in [0.25, 0.3) is 11.1 Å². The lowest BCUT2D eigenvalue weighted by atomic mass is 10.0. The van der Waals surface area contributed by atoms with Gasteiger partial charge in [-0.3, -0.25) is 29.4 Å². The number of hydrogen-bond acceptors (Lipinski definition) is 8. The van der Waals surface area contributed by atoms with E-state index in [1.807, 2.05) is 31.2 Å². The maximum absolute atomic E-state index is 12.8. The fourth-order valence-electron chi connectivity index (χ4n) is 4.06. The molecule has 0 saturated heterocycles. The van der Waals surface area contributed by atoms with Crippen molar-refractivity contribution in [3.63, 3.8) is 0 Å². The second-order valence-electron chi connectivity index (χ2n) is 8.14. The third-order valence-corrected chi connectivity index (χ3v) is 6.83. The molecule has 0 spiro atoms. The van der Waals surface area contributed by atoms with Crippen molar-refractivity contribution in [2.24, 2.45) is 0 Å². The van der Waals surface area contributed by atoms with Gasteiger partial charge < -0.3 is 10.1 Å². The number of carbonyl (C=O) groups is 4. The van der Waals surface area contributed by atoms with Gasteiger partial charge in [-0.05, 0) is 30.5 Å². The third kappa shape index (κ3) is 4.98. The molecule has 0 radical (unpaired) electrons. The lowest BCUT2D eigenvalue weighted by molar-refractivity contribution is -0.385. The standard InChI is InChI=1S/C26H23N3O7S/c1-3-15-8-10-16(11-9-15)18-14-37-23(22(18)26(33)36-4-2)27-20(30)12-13-28-24(31)17-6-5-7-19(29(34)35)21(17)25(28)32/h5-11,14H,3-4,12-13H2,1-2H3,(H,27,30). The van der Waals surface area contributed by atoms with Gasteiger partial charge in [-0.25, -0.2) is 4.79 Å². The summed E-state index contributed by atoms with van der Waals surface area (Å²) in [6.07, 6.45) is 0.608. The van der Waals surface area contributed by atoms with Crippen molar-refractivity contribution in [1.82, 2.24) is 4.90 Å². The zero-order chi connectivity index (χ0) is 26.7. The van der Waals surface area contributed by atoms with Crippen molar-refractivity contribution in [3.05, 3.63) is 80.2 Å². The van der Waals surface area contributed by atoms with Gasteiger partial charge >= 0.3 is 5.97 Å². The summed E-state index contributed by atoms with van der Waals surface area (Å²) in [6, 6.07) is 11.6. The molecule has 37 heavy (non-hydrogen) atoms. The molecule has 0 unspecified atom stereocenters. The fourth-order valence-corrected chi connectivity index (χ4v) is 5.04. The minimum Gasteiger partial charge on any atom is -0.462 e. The summed E-state index contributed by atoms with van der Waals surface area (Å²) >= 11 is 1.16. The van der Waals surface area contributed by atoms with Crippen LogP contribution in [-0.4, -0.2) is 46.7 Å². The third-order valence-electron chi connectivity index (χ3n) is 5.93. The number of amides is 3. The Labute approximate surface area is 216 Å². The molecular formula is C26H23N3O7S. The molecule has 0 saturated carbocycles. The van der Waals surface area contributed by atoms with E-state index >= 15 is 0 Å². The molecule has 10 nitrogen and oxygen atoms in total. The number of rotatable bonds is 9. The predicted molar refractivity (Wildman–Crippen MR) is 137 cm³/mol. The Kier molecular flexibility index (Phi) is 7.44. The number of ether oxygens (including phenoxy) is 1. The highest BCUT2D eigenvalue weighted by atomic mass is 32.1. The van der Waals surface area contributed by atoms with E-state index in [1.165, 1.54) is 12.1 Å². The quantitative estimate of drug-likeness (QED) is 0.187. The number of thiophene rings is 1. The maximum atomic E-state index is 12.8. The van der Waals surface area contributed by atoms with Crippen molar-refractivity contribution >= 4 is 45.7 Å². The number of benzene rings is 2. The van der Waals surface area contributed by atoms with Gasteiger partial charge in [0.1, 0.15) is 16.1 Å². The van der Waals surface area contributed by atoms with E-state index in [-0.39, 0.29) is 41.3 Å². The van der Waals surface area contributed by atoms with Gasteiger partial charge in [0.2, 0.25) is 5.91 Å². The van der Waals surface area contributed by atoms with Crippen molar-refractivity contribution < 1.29 is 28.8 Å². The molecule has 0 bridgehead atoms. The van der Waals surface area contributed by atoms with Gasteiger partial charge in [0.25, 0.3) is 17.5 Å². The first kappa shape index (κ1) is 25.7. The molecule has 4 rings (SSSR count). The molecule has 1 N–H and O–H groups in total. The van der Waals surface area contributed by atoms with Crippen LogP contribution in [0.5, 0.6) is 0 Å².